The first kappa shape index (κ1) is 16.1. The fourth-order valence-electron chi connectivity index (χ4n) is 1.98. The Labute approximate surface area is 115 Å². The van der Waals surface area contributed by atoms with Crippen LogP contribution in [0.25, 0.3) is 0 Å². The normalized spacial score (nSPS) is 23.7. The molecule has 2 rings (SSSR count). The highest BCUT2D eigenvalue weighted by Gasteiger charge is 2.26. The van der Waals surface area contributed by atoms with Crippen LogP contribution in [0.4, 0.5) is 0 Å². The Morgan fingerprint density at radius 1 is 1.26 bits per heavy atom. The van der Waals surface area contributed by atoms with Gasteiger partial charge in [0.2, 0.25) is 0 Å². The van der Waals surface area contributed by atoms with Crippen molar-refractivity contribution in [2.75, 3.05) is 6.61 Å². The summed E-state index contributed by atoms with van der Waals surface area (Å²) in [5.41, 5.74) is 1.02. The van der Waals surface area contributed by atoms with Crippen molar-refractivity contribution < 1.29 is 17.3 Å². The summed E-state index contributed by atoms with van der Waals surface area (Å²) >= 11 is 0. The van der Waals surface area contributed by atoms with Crippen molar-refractivity contribution in [1.29, 1.82) is 0 Å². The van der Waals surface area contributed by atoms with Gasteiger partial charge in [0.05, 0.1) is 17.1 Å². The average Bonchev–Trinajstić information content (AvgIpc) is 2.29. The van der Waals surface area contributed by atoms with E-state index in [1.165, 1.54) is 0 Å². The van der Waals surface area contributed by atoms with Gasteiger partial charge in [-0.25, -0.2) is 0 Å². The molecule has 1 fully saturated rings. The highest BCUT2D eigenvalue weighted by atomic mass is 32.2. The molecule has 1 saturated heterocycles. The van der Waals surface area contributed by atoms with Crippen LogP contribution in [0.1, 0.15) is 32.8 Å². The first-order valence-electron chi connectivity index (χ1n) is 6.09. The van der Waals surface area contributed by atoms with Crippen molar-refractivity contribution in [2.24, 2.45) is 0 Å². The molecule has 1 aromatic carbocycles. The fraction of sp³-hybridized carbons (Fsp3) is 0.571. The van der Waals surface area contributed by atoms with Gasteiger partial charge in [0.25, 0.3) is 10.1 Å². The predicted octanol–water partition coefficient (Wildman–Crippen LogP) is 2.90. The van der Waals surface area contributed by atoms with E-state index in [0.717, 1.165) is 5.56 Å². The van der Waals surface area contributed by atoms with Gasteiger partial charge in [0, 0.05) is 13.0 Å². The first-order chi connectivity index (χ1) is 8.47. The quantitative estimate of drug-likeness (QED) is 0.802. The molecule has 108 valence electrons. The second kappa shape index (κ2) is 6.50. The molecule has 19 heavy (non-hydrogen) atoms. The van der Waals surface area contributed by atoms with Crippen molar-refractivity contribution in [2.45, 2.75) is 51.2 Å². The van der Waals surface area contributed by atoms with Crippen molar-refractivity contribution in [3.63, 3.8) is 0 Å². The van der Waals surface area contributed by atoms with Gasteiger partial charge < -0.3 is 4.74 Å². The summed E-state index contributed by atoms with van der Waals surface area (Å²) in [6.45, 7) is 4.39. The van der Waals surface area contributed by atoms with Gasteiger partial charge in [0.15, 0.2) is 0 Å². The van der Waals surface area contributed by atoms with Crippen LogP contribution in [0.2, 0.25) is 0 Å². The molecule has 1 aromatic rings. The van der Waals surface area contributed by atoms with E-state index in [9.17, 15) is 8.42 Å². The van der Waals surface area contributed by atoms with E-state index < -0.39 is 10.1 Å². The molecule has 0 aromatic heterocycles. The maximum absolute atomic E-state index is 12.1. The fourth-order valence-corrected chi connectivity index (χ4v) is 3.10. The molecule has 1 aliphatic heterocycles. The number of aryl methyl sites for hydroxylation is 1. The van der Waals surface area contributed by atoms with E-state index in [1.807, 2.05) is 13.8 Å². The summed E-state index contributed by atoms with van der Waals surface area (Å²) in [4.78, 5) is 0.215. The first-order valence-corrected chi connectivity index (χ1v) is 7.50. The van der Waals surface area contributed by atoms with Crippen molar-refractivity contribution in [1.82, 2.24) is 0 Å². The molecule has 0 spiro atoms. The summed E-state index contributed by atoms with van der Waals surface area (Å²) in [6.07, 6.45) is 1.01. The van der Waals surface area contributed by atoms with Crippen LogP contribution in [-0.4, -0.2) is 27.2 Å². The number of benzene rings is 1. The summed E-state index contributed by atoms with van der Waals surface area (Å²) in [7, 11) is -3.66. The third kappa shape index (κ3) is 4.30. The molecule has 0 bridgehead atoms. The molecule has 0 unspecified atom stereocenters. The maximum Gasteiger partial charge on any atom is 0.297 e. The molecular formula is C14H22O4S. The highest BCUT2D eigenvalue weighted by molar-refractivity contribution is 7.86. The van der Waals surface area contributed by atoms with Gasteiger partial charge in [-0.15, -0.1) is 0 Å². The molecule has 0 radical (unpaired) electrons. The molecular weight excluding hydrogens is 264 g/mol. The molecule has 5 heteroatoms. The minimum atomic E-state index is -3.66. The van der Waals surface area contributed by atoms with Crippen LogP contribution >= 0.6 is 0 Å². The van der Waals surface area contributed by atoms with Crippen molar-refractivity contribution in [3.8, 4) is 0 Å². The topological polar surface area (TPSA) is 52.6 Å². The van der Waals surface area contributed by atoms with E-state index in [0.29, 0.717) is 19.4 Å². The predicted molar refractivity (Wildman–Crippen MR) is 74.6 cm³/mol. The zero-order valence-corrected chi connectivity index (χ0v) is 11.4. The lowest BCUT2D eigenvalue weighted by atomic mass is 10.1. The molecule has 1 heterocycles. The van der Waals surface area contributed by atoms with Gasteiger partial charge in [-0.1, -0.05) is 25.1 Å². The third-order valence-corrected chi connectivity index (χ3v) is 4.38. The summed E-state index contributed by atoms with van der Waals surface area (Å²) in [5.74, 6) is 0. The summed E-state index contributed by atoms with van der Waals surface area (Å²) in [5, 5.41) is 0. The second-order valence-electron chi connectivity index (χ2n) is 4.69. The van der Waals surface area contributed by atoms with Gasteiger partial charge in [-0.2, -0.15) is 8.42 Å². The SMILES string of the molecule is C.Cc1ccc(S(=O)(=O)O[C@H]2CCO[C@@H](C)C2)cc1. The lowest BCUT2D eigenvalue weighted by molar-refractivity contribution is -0.0231. The largest absolute Gasteiger partial charge is 0.378 e. The summed E-state index contributed by atoms with van der Waals surface area (Å²) < 4.78 is 34.7. The molecule has 2 atom stereocenters. The number of hydrogen-bond acceptors (Lipinski definition) is 4. The van der Waals surface area contributed by atoms with Crippen LogP contribution < -0.4 is 0 Å². The molecule has 0 N–H and O–H groups in total. The molecule has 0 amide bonds. The third-order valence-electron chi connectivity index (χ3n) is 3.01. The smallest absolute Gasteiger partial charge is 0.297 e. The van der Waals surface area contributed by atoms with Gasteiger partial charge in [-0.3, -0.25) is 4.18 Å². The minimum absolute atomic E-state index is 0. The molecule has 0 aliphatic carbocycles. The second-order valence-corrected chi connectivity index (χ2v) is 6.26. The monoisotopic (exact) mass is 286 g/mol. The molecule has 0 saturated carbocycles. The zero-order chi connectivity index (χ0) is 13.2. The Morgan fingerprint density at radius 3 is 2.47 bits per heavy atom. The standard InChI is InChI=1S/C13H18O4S.CH4/c1-10-3-5-13(6-4-10)18(14,15)17-12-7-8-16-11(2)9-12;/h3-6,11-12H,7-9H2,1-2H3;1H4/t11-,12-;/m0./s1. The van der Waals surface area contributed by atoms with Crippen LogP contribution in [0, 0.1) is 6.92 Å². The number of hydrogen-bond donors (Lipinski definition) is 0. The van der Waals surface area contributed by atoms with Crippen LogP contribution in [0.15, 0.2) is 29.2 Å². The average molecular weight is 286 g/mol. The van der Waals surface area contributed by atoms with E-state index in [2.05, 4.69) is 0 Å². The Kier molecular flexibility index (Phi) is 5.52. The lowest BCUT2D eigenvalue weighted by Gasteiger charge is -2.26. The van der Waals surface area contributed by atoms with E-state index in [-0.39, 0.29) is 24.5 Å². The van der Waals surface area contributed by atoms with Crippen LogP contribution in [0.3, 0.4) is 0 Å². The Morgan fingerprint density at radius 2 is 1.89 bits per heavy atom. The minimum Gasteiger partial charge on any atom is -0.378 e. The van der Waals surface area contributed by atoms with Crippen LogP contribution in [-0.2, 0) is 19.0 Å². The number of ether oxygens (including phenoxy) is 1. The van der Waals surface area contributed by atoms with E-state index in [1.54, 1.807) is 24.3 Å². The van der Waals surface area contributed by atoms with Crippen LogP contribution in [0.5, 0.6) is 0 Å². The van der Waals surface area contributed by atoms with Crippen molar-refractivity contribution >= 4 is 10.1 Å². The van der Waals surface area contributed by atoms with E-state index >= 15 is 0 Å². The number of rotatable bonds is 3. The Hall–Kier alpha value is -0.910. The van der Waals surface area contributed by atoms with E-state index in [4.69, 9.17) is 8.92 Å². The van der Waals surface area contributed by atoms with Gasteiger partial charge in [-0.05, 0) is 32.4 Å². The van der Waals surface area contributed by atoms with Crippen molar-refractivity contribution in [3.05, 3.63) is 29.8 Å². The Bertz CT molecular complexity index is 493. The highest BCUT2D eigenvalue weighted by Crippen LogP contribution is 2.22. The zero-order valence-electron chi connectivity index (χ0n) is 10.6. The molecule has 4 nitrogen and oxygen atoms in total. The Balaban J connectivity index is 0.00000180. The lowest BCUT2D eigenvalue weighted by Crippen LogP contribution is -2.30. The van der Waals surface area contributed by atoms with Gasteiger partial charge in [0.1, 0.15) is 0 Å². The van der Waals surface area contributed by atoms with Gasteiger partial charge >= 0.3 is 0 Å². The summed E-state index contributed by atoms with van der Waals surface area (Å²) in [6, 6.07) is 6.69. The maximum atomic E-state index is 12.1. The molecule has 1 aliphatic rings.